The number of ether oxygens (including phenoxy) is 1. The molecule has 1 saturated heterocycles. The number of hydrogen-bond acceptors (Lipinski definition) is 7. The number of nitrogens with one attached hydrogen (secondary N) is 1. The maximum Gasteiger partial charge on any atom is 0.249 e. The van der Waals surface area contributed by atoms with Crippen molar-refractivity contribution in [3.63, 3.8) is 0 Å². The summed E-state index contributed by atoms with van der Waals surface area (Å²) < 4.78 is 10.9. The summed E-state index contributed by atoms with van der Waals surface area (Å²) >= 11 is 0. The van der Waals surface area contributed by atoms with Crippen LogP contribution in [0.15, 0.2) is 29.0 Å². The minimum Gasteiger partial charge on any atom is -0.379 e. The molecule has 0 unspecified atom stereocenters. The average molecular weight is 385 g/mol. The van der Waals surface area contributed by atoms with Crippen molar-refractivity contribution in [1.29, 1.82) is 0 Å². The van der Waals surface area contributed by atoms with Gasteiger partial charge in [0.25, 0.3) is 0 Å². The van der Waals surface area contributed by atoms with E-state index in [0.717, 1.165) is 44.3 Å². The molecule has 1 aliphatic carbocycles. The van der Waals surface area contributed by atoms with E-state index in [1.165, 1.54) is 6.42 Å². The second-order valence-electron chi connectivity index (χ2n) is 7.58. The summed E-state index contributed by atoms with van der Waals surface area (Å²) in [6, 6.07) is 3.30. The van der Waals surface area contributed by atoms with Crippen molar-refractivity contribution in [3.05, 3.63) is 30.4 Å². The predicted octanol–water partition coefficient (Wildman–Crippen LogP) is 2.34. The molecule has 1 N–H and O–H groups in total. The van der Waals surface area contributed by atoms with Crippen LogP contribution in [-0.4, -0.2) is 57.8 Å². The molecule has 1 aliphatic heterocycles. The molecular formula is C20H27N5O3. The first-order chi connectivity index (χ1) is 13.7. The minimum atomic E-state index is -0.454. The summed E-state index contributed by atoms with van der Waals surface area (Å²) in [4.78, 5) is 24.2. The standard InChI is InChI=1S/C20H27N5O3/c1-15(18-23-17(24-28-18)16-5-9-21-10-6-16)22-19(26)20(7-3-2-4-8-20)25-11-13-27-14-12-25/h5-6,9-10,15H,2-4,7-8,11-14H2,1H3,(H,22,26)/t15-/m1/s1. The van der Waals surface area contributed by atoms with Gasteiger partial charge < -0.3 is 14.6 Å². The minimum absolute atomic E-state index is 0.0604. The van der Waals surface area contributed by atoms with Crippen molar-refractivity contribution in [2.45, 2.75) is 50.6 Å². The molecule has 1 amide bonds. The Bertz CT molecular complexity index is 782. The van der Waals surface area contributed by atoms with Crippen molar-refractivity contribution in [3.8, 4) is 11.4 Å². The molecule has 150 valence electrons. The summed E-state index contributed by atoms with van der Waals surface area (Å²) in [7, 11) is 0. The van der Waals surface area contributed by atoms with Crippen LogP contribution >= 0.6 is 0 Å². The van der Waals surface area contributed by atoms with Gasteiger partial charge in [0.15, 0.2) is 0 Å². The fourth-order valence-electron chi connectivity index (χ4n) is 4.24. The zero-order valence-corrected chi connectivity index (χ0v) is 16.3. The molecule has 0 aromatic carbocycles. The van der Waals surface area contributed by atoms with Gasteiger partial charge in [0.05, 0.1) is 13.2 Å². The number of aromatic nitrogens is 3. The largest absolute Gasteiger partial charge is 0.379 e. The molecule has 3 heterocycles. The quantitative estimate of drug-likeness (QED) is 0.844. The lowest BCUT2D eigenvalue weighted by Crippen LogP contribution is -2.62. The highest BCUT2D eigenvalue weighted by atomic mass is 16.5. The molecule has 1 atom stereocenters. The number of pyridine rings is 1. The third kappa shape index (κ3) is 3.79. The third-order valence-corrected chi connectivity index (χ3v) is 5.82. The van der Waals surface area contributed by atoms with Crippen LogP contribution in [0.5, 0.6) is 0 Å². The first-order valence-corrected chi connectivity index (χ1v) is 10.1. The fourth-order valence-corrected chi connectivity index (χ4v) is 4.24. The Kier molecular flexibility index (Phi) is 5.68. The van der Waals surface area contributed by atoms with E-state index in [-0.39, 0.29) is 11.9 Å². The summed E-state index contributed by atoms with van der Waals surface area (Å²) in [6.45, 7) is 4.85. The van der Waals surface area contributed by atoms with Crippen LogP contribution in [0.4, 0.5) is 0 Å². The van der Waals surface area contributed by atoms with Crippen molar-refractivity contribution in [1.82, 2.24) is 25.3 Å². The second-order valence-corrected chi connectivity index (χ2v) is 7.58. The number of morpholine rings is 1. The highest BCUT2D eigenvalue weighted by Gasteiger charge is 2.45. The number of nitrogens with zero attached hydrogens (tertiary/aromatic N) is 4. The van der Waals surface area contributed by atoms with Gasteiger partial charge >= 0.3 is 0 Å². The van der Waals surface area contributed by atoms with Gasteiger partial charge in [-0.05, 0) is 31.9 Å². The molecule has 8 nitrogen and oxygen atoms in total. The smallest absolute Gasteiger partial charge is 0.249 e. The maximum atomic E-state index is 13.4. The maximum absolute atomic E-state index is 13.4. The van der Waals surface area contributed by atoms with Crippen LogP contribution in [0.3, 0.4) is 0 Å². The number of carbonyl (C=O) groups is 1. The average Bonchev–Trinajstić information content (AvgIpc) is 3.26. The molecule has 8 heteroatoms. The van der Waals surface area contributed by atoms with Gasteiger partial charge in [-0.3, -0.25) is 14.7 Å². The van der Waals surface area contributed by atoms with Gasteiger partial charge in [0.1, 0.15) is 11.6 Å². The lowest BCUT2D eigenvalue weighted by molar-refractivity contribution is -0.141. The van der Waals surface area contributed by atoms with Crippen LogP contribution in [0, 0.1) is 0 Å². The SMILES string of the molecule is C[C@@H](NC(=O)C1(N2CCOCC2)CCCCC1)c1nc(-c2ccncc2)no1. The van der Waals surface area contributed by atoms with Crippen LogP contribution < -0.4 is 5.32 Å². The van der Waals surface area contributed by atoms with Crippen molar-refractivity contribution >= 4 is 5.91 Å². The van der Waals surface area contributed by atoms with Crippen LogP contribution in [0.2, 0.25) is 0 Å². The highest BCUT2D eigenvalue weighted by Crippen LogP contribution is 2.35. The number of carbonyl (C=O) groups excluding carboxylic acids is 1. The molecule has 4 rings (SSSR count). The van der Waals surface area contributed by atoms with Crippen LogP contribution in [-0.2, 0) is 9.53 Å². The molecule has 0 spiro atoms. The lowest BCUT2D eigenvalue weighted by atomic mass is 9.79. The van der Waals surface area contributed by atoms with Gasteiger partial charge in [0.2, 0.25) is 17.6 Å². The van der Waals surface area contributed by atoms with Gasteiger partial charge in [-0.15, -0.1) is 0 Å². The molecule has 0 bridgehead atoms. The monoisotopic (exact) mass is 385 g/mol. The third-order valence-electron chi connectivity index (χ3n) is 5.82. The predicted molar refractivity (Wildman–Crippen MR) is 102 cm³/mol. The first kappa shape index (κ1) is 19.0. The molecule has 1 saturated carbocycles. The normalized spacial score (nSPS) is 21.2. The molecule has 2 fully saturated rings. The van der Waals surface area contributed by atoms with E-state index in [4.69, 9.17) is 9.26 Å². The lowest BCUT2D eigenvalue weighted by Gasteiger charge is -2.46. The van der Waals surface area contributed by atoms with E-state index >= 15 is 0 Å². The number of rotatable bonds is 5. The summed E-state index contributed by atoms with van der Waals surface area (Å²) in [5.74, 6) is 0.970. The summed E-state index contributed by atoms with van der Waals surface area (Å²) in [5, 5.41) is 7.18. The Labute approximate surface area is 164 Å². The molecule has 2 aliphatic rings. The molecule has 0 radical (unpaired) electrons. The van der Waals surface area contributed by atoms with Crippen molar-refractivity contribution in [2.75, 3.05) is 26.3 Å². The topological polar surface area (TPSA) is 93.4 Å². The van der Waals surface area contributed by atoms with E-state index in [1.807, 2.05) is 19.1 Å². The van der Waals surface area contributed by atoms with E-state index in [2.05, 4.69) is 25.3 Å². The van der Waals surface area contributed by atoms with Crippen molar-refractivity contribution in [2.24, 2.45) is 0 Å². The Hall–Kier alpha value is -2.32. The number of hydrogen-bond donors (Lipinski definition) is 1. The Morgan fingerprint density at radius 3 is 2.61 bits per heavy atom. The molecular weight excluding hydrogens is 358 g/mol. The summed E-state index contributed by atoms with van der Waals surface area (Å²) in [6.07, 6.45) is 8.48. The highest BCUT2D eigenvalue weighted by molar-refractivity contribution is 5.86. The molecule has 2 aromatic rings. The summed E-state index contributed by atoms with van der Waals surface area (Å²) in [5.41, 5.74) is 0.380. The van der Waals surface area contributed by atoms with E-state index < -0.39 is 5.54 Å². The number of amides is 1. The van der Waals surface area contributed by atoms with E-state index in [0.29, 0.717) is 24.9 Å². The van der Waals surface area contributed by atoms with Crippen LogP contribution in [0.1, 0.15) is 51.0 Å². The fraction of sp³-hybridized carbons (Fsp3) is 0.600. The first-order valence-electron chi connectivity index (χ1n) is 10.1. The Morgan fingerprint density at radius 2 is 1.89 bits per heavy atom. The zero-order valence-electron chi connectivity index (χ0n) is 16.3. The Morgan fingerprint density at radius 1 is 1.18 bits per heavy atom. The van der Waals surface area contributed by atoms with Gasteiger partial charge in [-0.2, -0.15) is 4.98 Å². The van der Waals surface area contributed by atoms with Gasteiger partial charge in [0, 0.05) is 31.0 Å². The van der Waals surface area contributed by atoms with Crippen molar-refractivity contribution < 1.29 is 14.1 Å². The van der Waals surface area contributed by atoms with E-state index in [1.54, 1.807) is 12.4 Å². The molecule has 28 heavy (non-hydrogen) atoms. The van der Waals surface area contributed by atoms with E-state index in [9.17, 15) is 4.79 Å². The Balaban J connectivity index is 1.48. The van der Waals surface area contributed by atoms with Crippen LogP contribution in [0.25, 0.3) is 11.4 Å². The zero-order chi connectivity index (χ0) is 19.4. The van der Waals surface area contributed by atoms with Gasteiger partial charge in [-0.25, -0.2) is 0 Å². The van der Waals surface area contributed by atoms with Gasteiger partial charge in [-0.1, -0.05) is 24.4 Å². The second kappa shape index (κ2) is 8.36. The molecule has 2 aromatic heterocycles.